The first kappa shape index (κ1) is 21.0. The minimum absolute atomic E-state index is 0.0382. The highest BCUT2D eigenvalue weighted by Crippen LogP contribution is 2.48. The third-order valence-electron chi connectivity index (χ3n) is 4.97. The van der Waals surface area contributed by atoms with Gasteiger partial charge < -0.3 is 19.9 Å². The number of carbonyl (C=O) groups is 2. The van der Waals surface area contributed by atoms with Crippen LogP contribution in [0.2, 0.25) is 0 Å². The van der Waals surface area contributed by atoms with Crippen LogP contribution in [0.4, 0.5) is 8.78 Å². The van der Waals surface area contributed by atoms with E-state index < -0.39 is 23.5 Å². The van der Waals surface area contributed by atoms with Crippen molar-refractivity contribution in [3.05, 3.63) is 58.2 Å². The fourth-order valence-electron chi connectivity index (χ4n) is 3.70. The van der Waals surface area contributed by atoms with Gasteiger partial charge in [0, 0.05) is 25.5 Å². The van der Waals surface area contributed by atoms with Crippen molar-refractivity contribution < 1.29 is 32.6 Å². The Balaban J connectivity index is 2.11. The molecular weight excluding hydrogens is 384 g/mol. The average Bonchev–Trinajstić information content (AvgIpc) is 2.61. The molecule has 1 aliphatic carbocycles. The fourth-order valence-corrected chi connectivity index (χ4v) is 3.70. The number of hydrogen-bond donors (Lipinski definition) is 1. The van der Waals surface area contributed by atoms with Crippen LogP contribution >= 0.6 is 0 Å². The van der Waals surface area contributed by atoms with Crippen LogP contribution in [0.3, 0.4) is 0 Å². The lowest BCUT2D eigenvalue weighted by Gasteiger charge is -2.37. The smallest absolute Gasteiger partial charge is 0.340 e. The Morgan fingerprint density at radius 1 is 1.24 bits per heavy atom. The molecule has 0 bridgehead atoms. The van der Waals surface area contributed by atoms with Crippen molar-refractivity contribution in [1.82, 2.24) is 0 Å². The number of nitrogens with two attached hydrogens (primary N) is 1. The zero-order valence-electron chi connectivity index (χ0n) is 16.5. The molecule has 2 N–H and O–H groups in total. The van der Waals surface area contributed by atoms with E-state index in [4.69, 9.17) is 19.9 Å². The van der Waals surface area contributed by atoms with Gasteiger partial charge in [0.2, 0.25) is 5.88 Å². The summed E-state index contributed by atoms with van der Waals surface area (Å²) in [5, 5.41) is 0. The molecule has 1 aliphatic heterocycles. The second kappa shape index (κ2) is 7.94. The van der Waals surface area contributed by atoms with E-state index >= 15 is 0 Å². The van der Waals surface area contributed by atoms with Crippen LogP contribution in [-0.2, 0) is 23.8 Å². The maximum absolute atomic E-state index is 14.0. The average molecular weight is 407 g/mol. The minimum Gasteiger partial charge on any atom is -0.460 e. The number of halogens is 2. The normalized spacial score (nSPS) is 21.0. The molecule has 0 spiro atoms. The molecule has 1 heterocycles. The van der Waals surface area contributed by atoms with Gasteiger partial charge in [-0.25, -0.2) is 13.6 Å². The van der Waals surface area contributed by atoms with E-state index in [-0.39, 0.29) is 53.4 Å². The maximum Gasteiger partial charge on any atom is 0.340 e. The van der Waals surface area contributed by atoms with Crippen molar-refractivity contribution >= 4 is 11.8 Å². The van der Waals surface area contributed by atoms with Gasteiger partial charge >= 0.3 is 5.97 Å². The Kier molecular flexibility index (Phi) is 5.75. The summed E-state index contributed by atoms with van der Waals surface area (Å²) in [6.07, 6.45) is 0.641. The quantitative estimate of drug-likeness (QED) is 0.596. The summed E-state index contributed by atoms with van der Waals surface area (Å²) in [5.74, 6) is -4.05. The van der Waals surface area contributed by atoms with Crippen LogP contribution in [0.5, 0.6) is 0 Å². The van der Waals surface area contributed by atoms with Crippen molar-refractivity contribution in [2.24, 2.45) is 11.1 Å². The minimum atomic E-state index is -1.09. The van der Waals surface area contributed by atoms with E-state index in [0.29, 0.717) is 12.2 Å². The molecule has 3 rings (SSSR count). The lowest BCUT2D eigenvalue weighted by atomic mass is 9.70. The largest absolute Gasteiger partial charge is 0.460 e. The summed E-state index contributed by atoms with van der Waals surface area (Å²) in [7, 11) is 1.45. The lowest BCUT2D eigenvalue weighted by molar-refractivity contribution is -0.141. The molecule has 0 unspecified atom stereocenters. The number of hydrogen-bond acceptors (Lipinski definition) is 6. The molecule has 0 radical (unpaired) electrons. The van der Waals surface area contributed by atoms with Gasteiger partial charge in [-0.15, -0.1) is 0 Å². The van der Waals surface area contributed by atoms with Crippen molar-refractivity contribution in [3.63, 3.8) is 0 Å². The summed E-state index contributed by atoms with van der Waals surface area (Å²) < 4.78 is 43.2. The summed E-state index contributed by atoms with van der Waals surface area (Å²) in [6.45, 7) is 3.96. The Morgan fingerprint density at radius 3 is 2.62 bits per heavy atom. The fraction of sp³-hybridized carbons (Fsp3) is 0.429. The Morgan fingerprint density at radius 2 is 1.97 bits per heavy atom. The molecule has 8 heteroatoms. The standard InChI is InChI=1S/C21H23F2NO5/c1-21(2)9-14(25)17-15(10-21)29-19(24)18(20(26)28-7-6-27-3)16(17)11-4-5-12(22)13(23)8-11/h4-5,8,16H,6-7,9-10,24H2,1-3H3/t16-/m1/s1. The number of esters is 1. The molecule has 0 fully saturated rings. The number of Topliss-reactive ketones (excluding diaryl/α,β-unsaturated/α-hetero) is 1. The topological polar surface area (TPSA) is 87.8 Å². The Hall–Kier alpha value is -2.74. The van der Waals surface area contributed by atoms with Crippen LogP contribution in [0.15, 0.2) is 41.0 Å². The summed E-state index contributed by atoms with van der Waals surface area (Å²) in [4.78, 5) is 25.7. The zero-order chi connectivity index (χ0) is 21.3. The van der Waals surface area contributed by atoms with Gasteiger partial charge in [0.25, 0.3) is 0 Å². The van der Waals surface area contributed by atoms with E-state index in [2.05, 4.69) is 0 Å². The highest BCUT2D eigenvalue weighted by Gasteiger charge is 2.45. The van der Waals surface area contributed by atoms with Crippen molar-refractivity contribution in [1.29, 1.82) is 0 Å². The van der Waals surface area contributed by atoms with Gasteiger partial charge in [-0.1, -0.05) is 19.9 Å². The van der Waals surface area contributed by atoms with Crippen molar-refractivity contribution in [2.45, 2.75) is 32.6 Å². The van der Waals surface area contributed by atoms with Gasteiger partial charge in [-0.05, 0) is 23.1 Å². The number of benzene rings is 1. The predicted molar refractivity (Wildman–Crippen MR) is 99.3 cm³/mol. The first-order chi connectivity index (χ1) is 13.6. The lowest BCUT2D eigenvalue weighted by Crippen LogP contribution is -2.36. The number of ether oxygens (including phenoxy) is 3. The Labute approximate surface area is 167 Å². The van der Waals surface area contributed by atoms with Crippen LogP contribution in [0, 0.1) is 17.0 Å². The van der Waals surface area contributed by atoms with Gasteiger partial charge in [0.15, 0.2) is 17.4 Å². The van der Waals surface area contributed by atoms with E-state index in [0.717, 1.165) is 12.1 Å². The highest BCUT2D eigenvalue weighted by molar-refractivity contribution is 6.03. The van der Waals surface area contributed by atoms with Crippen LogP contribution in [-0.4, -0.2) is 32.1 Å². The molecule has 156 valence electrons. The molecule has 0 saturated heterocycles. The van der Waals surface area contributed by atoms with E-state index in [9.17, 15) is 18.4 Å². The van der Waals surface area contributed by atoms with Gasteiger partial charge in [-0.2, -0.15) is 0 Å². The predicted octanol–water partition coefficient (Wildman–Crippen LogP) is 3.08. The van der Waals surface area contributed by atoms with Crippen LogP contribution in [0.1, 0.15) is 38.2 Å². The van der Waals surface area contributed by atoms with Crippen molar-refractivity contribution in [3.8, 4) is 0 Å². The molecular formula is C21H23F2NO5. The molecule has 29 heavy (non-hydrogen) atoms. The molecule has 2 aliphatic rings. The number of rotatable bonds is 5. The number of allylic oxidation sites excluding steroid dienone is 2. The first-order valence-electron chi connectivity index (χ1n) is 9.19. The maximum atomic E-state index is 14.0. The Bertz CT molecular complexity index is 920. The second-order valence-corrected chi connectivity index (χ2v) is 7.89. The molecule has 1 atom stereocenters. The highest BCUT2D eigenvalue weighted by atomic mass is 19.2. The molecule has 0 saturated carbocycles. The van der Waals surface area contributed by atoms with E-state index in [1.165, 1.54) is 13.2 Å². The molecule has 6 nitrogen and oxygen atoms in total. The molecule has 0 amide bonds. The number of ketones is 1. The molecule has 1 aromatic carbocycles. The van der Waals surface area contributed by atoms with Crippen LogP contribution in [0.25, 0.3) is 0 Å². The summed E-state index contributed by atoms with van der Waals surface area (Å²) in [6, 6.07) is 3.22. The third-order valence-corrected chi connectivity index (χ3v) is 4.97. The zero-order valence-corrected chi connectivity index (χ0v) is 16.5. The first-order valence-corrected chi connectivity index (χ1v) is 9.19. The molecule has 0 aromatic heterocycles. The third kappa shape index (κ3) is 4.17. The van der Waals surface area contributed by atoms with Crippen molar-refractivity contribution in [2.75, 3.05) is 20.3 Å². The van der Waals surface area contributed by atoms with E-state index in [1.807, 2.05) is 13.8 Å². The monoisotopic (exact) mass is 407 g/mol. The summed E-state index contributed by atoms with van der Waals surface area (Å²) in [5.41, 5.74) is 6.01. The molecule has 1 aromatic rings. The SMILES string of the molecule is COCCOC(=O)C1=C(N)OC2=C(C(=O)CC(C)(C)C2)[C@H]1c1ccc(F)c(F)c1. The van der Waals surface area contributed by atoms with Gasteiger partial charge in [0.1, 0.15) is 17.9 Å². The number of carbonyl (C=O) groups excluding carboxylic acids is 2. The van der Waals surface area contributed by atoms with Gasteiger partial charge in [0.05, 0.1) is 12.5 Å². The second-order valence-electron chi connectivity index (χ2n) is 7.89. The number of methoxy groups -OCH3 is 1. The van der Waals surface area contributed by atoms with Crippen LogP contribution < -0.4 is 5.73 Å². The van der Waals surface area contributed by atoms with Gasteiger partial charge in [-0.3, -0.25) is 4.79 Å². The van der Waals surface area contributed by atoms with E-state index in [1.54, 1.807) is 0 Å². The summed E-state index contributed by atoms with van der Waals surface area (Å²) >= 11 is 0.